The second kappa shape index (κ2) is 5.10. The largest absolute Gasteiger partial charge is 0.393 e. The minimum absolute atomic E-state index is 0.0298. The van der Waals surface area contributed by atoms with Crippen LogP contribution in [0.2, 0.25) is 0 Å². The Hall–Kier alpha value is -0.300. The number of rotatable bonds is 1. The standard InChI is InChI=1S/C21H34O/c1-4-14-7-10-18-17-9-6-15-5-8-16(22)13-21(15,3)19(17)11-12-20(14,18)2/h4,14-19,22H,1,5-13H2,2-3H3/t14-,15?,16?,17-,18-,19-,20+,21-/m0/s1. The van der Waals surface area contributed by atoms with Crippen molar-refractivity contribution >= 4 is 0 Å². The van der Waals surface area contributed by atoms with Crippen LogP contribution in [0.3, 0.4) is 0 Å². The monoisotopic (exact) mass is 302 g/mol. The van der Waals surface area contributed by atoms with Crippen molar-refractivity contribution in [2.75, 3.05) is 0 Å². The van der Waals surface area contributed by atoms with E-state index in [1.54, 1.807) is 0 Å². The van der Waals surface area contributed by atoms with Gasteiger partial charge in [-0.2, -0.15) is 0 Å². The van der Waals surface area contributed by atoms with E-state index < -0.39 is 0 Å². The predicted molar refractivity (Wildman–Crippen MR) is 91.4 cm³/mol. The smallest absolute Gasteiger partial charge is 0.0545 e. The number of allylic oxidation sites excluding steroid dienone is 1. The minimum Gasteiger partial charge on any atom is -0.393 e. The van der Waals surface area contributed by atoms with E-state index in [9.17, 15) is 5.11 Å². The molecule has 8 atom stereocenters. The minimum atomic E-state index is -0.0298. The SMILES string of the molecule is C=C[C@H]1CC[C@H]2[C@@H]3CCC4CCC(O)C[C@]4(C)[C@H]3CC[C@]12C. The average Bonchev–Trinajstić information content (AvgIpc) is 2.82. The van der Waals surface area contributed by atoms with Crippen molar-refractivity contribution in [3.8, 4) is 0 Å². The fourth-order valence-electron chi connectivity index (χ4n) is 7.76. The summed E-state index contributed by atoms with van der Waals surface area (Å²) >= 11 is 0. The van der Waals surface area contributed by atoms with Gasteiger partial charge in [-0.15, -0.1) is 6.58 Å². The molecule has 4 aliphatic rings. The van der Waals surface area contributed by atoms with Gasteiger partial charge in [0.15, 0.2) is 0 Å². The Morgan fingerprint density at radius 1 is 0.909 bits per heavy atom. The molecule has 0 amide bonds. The van der Waals surface area contributed by atoms with Crippen molar-refractivity contribution in [1.82, 2.24) is 0 Å². The van der Waals surface area contributed by atoms with Crippen LogP contribution in [-0.2, 0) is 0 Å². The van der Waals surface area contributed by atoms with E-state index in [2.05, 4.69) is 26.5 Å². The fraction of sp³-hybridized carbons (Fsp3) is 0.905. The molecule has 4 rings (SSSR count). The highest BCUT2D eigenvalue weighted by molar-refractivity contribution is 5.11. The first-order chi connectivity index (χ1) is 10.5. The maximum Gasteiger partial charge on any atom is 0.0545 e. The molecule has 0 saturated heterocycles. The molecule has 4 saturated carbocycles. The predicted octanol–water partition coefficient (Wildman–Crippen LogP) is 5.19. The Kier molecular flexibility index (Phi) is 3.53. The van der Waals surface area contributed by atoms with Crippen molar-refractivity contribution in [1.29, 1.82) is 0 Å². The lowest BCUT2D eigenvalue weighted by atomic mass is 9.44. The van der Waals surface area contributed by atoms with Crippen LogP contribution in [0, 0.1) is 40.4 Å². The molecule has 0 aromatic carbocycles. The van der Waals surface area contributed by atoms with Crippen molar-refractivity contribution in [2.24, 2.45) is 40.4 Å². The van der Waals surface area contributed by atoms with Gasteiger partial charge < -0.3 is 5.11 Å². The molecule has 0 aromatic heterocycles. The van der Waals surface area contributed by atoms with Gasteiger partial charge in [0, 0.05) is 0 Å². The molecule has 1 N–H and O–H groups in total. The van der Waals surface area contributed by atoms with Crippen LogP contribution in [0.4, 0.5) is 0 Å². The van der Waals surface area contributed by atoms with Gasteiger partial charge >= 0.3 is 0 Å². The van der Waals surface area contributed by atoms with Crippen molar-refractivity contribution in [2.45, 2.75) is 77.7 Å². The van der Waals surface area contributed by atoms with Gasteiger partial charge in [-0.25, -0.2) is 0 Å². The quantitative estimate of drug-likeness (QED) is 0.661. The first-order valence-corrected chi connectivity index (χ1v) is 9.79. The highest BCUT2D eigenvalue weighted by Gasteiger charge is 2.59. The topological polar surface area (TPSA) is 20.2 Å². The van der Waals surface area contributed by atoms with Crippen molar-refractivity contribution in [3.05, 3.63) is 12.7 Å². The summed E-state index contributed by atoms with van der Waals surface area (Å²) in [4.78, 5) is 0. The maximum atomic E-state index is 10.3. The molecule has 0 bridgehead atoms. The molecular weight excluding hydrogens is 268 g/mol. The Balaban J connectivity index is 1.64. The van der Waals surface area contributed by atoms with Crippen LogP contribution in [0.1, 0.15) is 71.6 Å². The molecule has 124 valence electrons. The van der Waals surface area contributed by atoms with Crippen LogP contribution in [0.5, 0.6) is 0 Å². The lowest BCUT2D eigenvalue weighted by molar-refractivity contribution is -0.128. The van der Waals surface area contributed by atoms with Gasteiger partial charge in [0.1, 0.15) is 0 Å². The van der Waals surface area contributed by atoms with E-state index >= 15 is 0 Å². The number of aliphatic hydroxyl groups is 1. The number of hydrogen-bond acceptors (Lipinski definition) is 1. The third-order valence-electron chi connectivity index (χ3n) is 8.95. The maximum absolute atomic E-state index is 10.3. The normalized spacial score (nSPS) is 57.6. The summed E-state index contributed by atoms with van der Waals surface area (Å²) in [6.07, 6.45) is 14.1. The van der Waals surface area contributed by atoms with Crippen LogP contribution in [0.15, 0.2) is 12.7 Å². The van der Waals surface area contributed by atoms with Crippen LogP contribution in [-0.4, -0.2) is 11.2 Å². The zero-order valence-corrected chi connectivity index (χ0v) is 14.6. The molecule has 0 aliphatic heterocycles. The number of aliphatic hydroxyl groups excluding tert-OH is 1. The molecule has 22 heavy (non-hydrogen) atoms. The summed E-state index contributed by atoms with van der Waals surface area (Å²) in [7, 11) is 0. The first-order valence-electron chi connectivity index (χ1n) is 9.79. The molecule has 1 heteroatoms. The van der Waals surface area contributed by atoms with Gasteiger partial charge in [0.2, 0.25) is 0 Å². The van der Waals surface area contributed by atoms with Crippen LogP contribution >= 0.6 is 0 Å². The van der Waals surface area contributed by atoms with Crippen molar-refractivity contribution < 1.29 is 5.11 Å². The Labute approximate surface area is 136 Å². The van der Waals surface area contributed by atoms with E-state index in [0.29, 0.717) is 10.8 Å². The summed E-state index contributed by atoms with van der Waals surface area (Å²) in [6, 6.07) is 0. The van der Waals surface area contributed by atoms with Gasteiger partial charge in [-0.1, -0.05) is 19.9 Å². The van der Waals surface area contributed by atoms with E-state index in [4.69, 9.17) is 0 Å². The van der Waals surface area contributed by atoms with Gasteiger partial charge in [-0.05, 0) is 98.2 Å². The fourth-order valence-corrected chi connectivity index (χ4v) is 7.76. The Bertz CT molecular complexity index is 457. The summed E-state index contributed by atoms with van der Waals surface area (Å²) in [5.41, 5.74) is 0.952. The Morgan fingerprint density at radius 3 is 2.41 bits per heavy atom. The highest BCUT2D eigenvalue weighted by atomic mass is 16.3. The molecule has 1 nitrogen and oxygen atoms in total. The third-order valence-corrected chi connectivity index (χ3v) is 8.95. The highest BCUT2D eigenvalue weighted by Crippen LogP contribution is 2.67. The van der Waals surface area contributed by atoms with Crippen LogP contribution in [0.25, 0.3) is 0 Å². The third kappa shape index (κ3) is 1.93. The first kappa shape index (κ1) is 15.2. The lowest BCUT2D eigenvalue weighted by Crippen LogP contribution is -2.54. The lowest BCUT2D eigenvalue weighted by Gasteiger charge is -2.61. The number of hydrogen-bond donors (Lipinski definition) is 1. The van der Waals surface area contributed by atoms with Gasteiger partial charge in [0.05, 0.1) is 6.10 Å². The number of fused-ring (bicyclic) bond motifs is 5. The molecular formula is C21H34O. The Morgan fingerprint density at radius 2 is 1.64 bits per heavy atom. The molecule has 0 radical (unpaired) electrons. The zero-order valence-electron chi connectivity index (χ0n) is 14.6. The van der Waals surface area contributed by atoms with E-state index in [-0.39, 0.29) is 6.10 Å². The molecule has 4 fully saturated rings. The molecule has 0 heterocycles. The van der Waals surface area contributed by atoms with E-state index in [1.165, 1.54) is 44.9 Å². The summed E-state index contributed by atoms with van der Waals surface area (Å²) in [5, 5.41) is 10.3. The van der Waals surface area contributed by atoms with E-state index in [0.717, 1.165) is 42.4 Å². The van der Waals surface area contributed by atoms with E-state index in [1.807, 2.05) is 0 Å². The van der Waals surface area contributed by atoms with Gasteiger partial charge in [0.25, 0.3) is 0 Å². The second-order valence-electron chi connectivity index (χ2n) is 9.56. The zero-order chi connectivity index (χ0) is 15.5. The van der Waals surface area contributed by atoms with Crippen molar-refractivity contribution in [3.63, 3.8) is 0 Å². The summed E-state index contributed by atoms with van der Waals surface area (Å²) in [5.74, 6) is 4.36. The molecule has 0 spiro atoms. The van der Waals surface area contributed by atoms with Gasteiger partial charge in [-0.3, -0.25) is 0 Å². The van der Waals surface area contributed by atoms with Crippen LogP contribution < -0.4 is 0 Å². The summed E-state index contributed by atoms with van der Waals surface area (Å²) < 4.78 is 0. The second-order valence-corrected chi connectivity index (χ2v) is 9.56. The molecule has 0 aromatic rings. The molecule has 2 unspecified atom stereocenters. The molecule has 4 aliphatic carbocycles. The summed E-state index contributed by atoms with van der Waals surface area (Å²) in [6.45, 7) is 9.25. The average molecular weight is 303 g/mol.